The molecule has 2 rings (SSSR count). The maximum atomic E-state index is 12.6. The fourth-order valence-electron chi connectivity index (χ4n) is 1.61. The monoisotopic (exact) mass is 224 g/mol. The summed E-state index contributed by atoms with van der Waals surface area (Å²) in [6, 6.07) is 6.77. The second-order valence-electron chi connectivity index (χ2n) is 4.10. The van der Waals surface area contributed by atoms with Gasteiger partial charge in [-0.05, 0) is 31.3 Å². The van der Waals surface area contributed by atoms with Crippen LogP contribution in [0.5, 0.6) is 5.75 Å². The van der Waals surface area contributed by atoms with Crippen LogP contribution in [-0.2, 0) is 0 Å². The maximum Gasteiger partial charge on any atom is 0.123 e. The van der Waals surface area contributed by atoms with Crippen molar-refractivity contribution in [2.75, 3.05) is 33.3 Å². The molecule has 0 bridgehead atoms. The number of hydrogen-bond donors (Lipinski definition) is 1. The van der Waals surface area contributed by atoms with Crippen LogP contribution >= 0.6 is 0 Å². The molecule has 1 aromatic carbocycles. The molecule has 0 spiro atoms. The molecule has 1 fully saturated rings. The molecular weight excluding hydrogens is 207 g/mol. The molecule has 16 heavy (non-hydrogen) atoms. The smallest absolute Gasteiger partial charge is 0.123 e. The van der Waals surface area contributed by atoms with Gasteiger partial charge in [-0.3, -0.25) is 4.90 Å². The number of hydrogen-bond acceptors (Lipinski definition) is 3. The van der Waals surface area contributed by atoms with Crippen molar-refractivity contribution in [2.24, 2.45) is 0 Å². The molecule has 0 atom stereocenters. The minimum Gasteiger partial charge on any atom is -0.492 e. The number of nitrogens with zero attached hydrogens (tertiary/aromatic N) is 1. The highest BCUT2D eigenvalue weighted by molar-refractivity contribution is 5.21. The average molecular weight is 224 g/mol. The van der Waals surface area contributed by atoms with Crippen LogP contribution in [0.15, 0.2) is 24.3 Å². The van der Waals surface area contributed by atoms with Gasteiger partial charge in [0.1, 0.15) is 18.2 Å². The highest BCUT2D eigenvalue weighted by Gasteiger charge is 2.20. The van der Waals surface area contributed by atoms with Gasteiger partial charge in [0.05, 0.1) is 0 Å². The predicted molar refractivity (Wildman–Crippen MR) is 61.2 cm³/mol. The van der Waals surface area contributed by atoms with E-state index in [-0.39, 0.29) is 5.82 Å². The van der Waals surface area contributed by atoms with Gasteiger partial charge in [0.15, 0.2) is 0 Å². The normalized spacial score (nSPS) is 16.2. The highest BCUT2D eigenvalue weighted by atomic mass is 19.1. The molecule has 88 valence electrons. The molecule has 1 aliphatic heterocycles. The first-order valence-corrected chi connectivity index (χ1v) is 5.55. The van der Waals surface area contributed by atoms with Gasteiger partial charge in [-0.1, -0.05) is 0 Å². The molecule has 0 aliphatic carbocycles. The summed E-state index contributed by atoms with van der Waals surface area (Å²) in [5.41, 5.74) is 0. The van der Waals surface area contributed by atoms with Crippen LogP contribution < -0.4 is 10.1 Å². The Labute approximate surface area is 95.2 Å². The van der Waals surface area contributed by atoms with Crippen molar-refractivity contribution in [1.29, 1.82) is 0 Å². The first kappa shape index (κ1) is 11.4. The van der Waals surface area contributed by atoms with Crippen molar-refractivity contribution < 1.29 is 9.13 Å². The van der Waals surface area contributed by atoms with Gasteiger partial charge in [0.2, 0.25) is 0 Å². The summed E-state index contributed by atoms with van der Waals surface area (Å²) >= 11 is 0. The van der Waals surface area contributed by atoms with Gasteiger partial charge >= 0.3 is 0 Å². The molecule has 1 N–H and O–H groups in total. The Kier molecular flexibility index (Phi) is 3.74. The molecule has 0 saturated carbocycles. The molecule has 0 unspecified atom stereocenters. The third kappa shape index (κ3) is 2.93. The van der Waals surface area contributed by atoms with E-state index in [0.717, 1.165) is 25.4 Å². The maximum absolute atomic E-state index is 12.6. The van der Waals surface area contributed by atoms with E-state index in [1.807, 2.05) is 0 Å². The van der Waals surface area contributed by atoms with Gasteiger partial charge in [-0.25, -0.2) is 4.39 Å². The average Bonchev–Trinajstić information content (AvgIpc) is 2.18. The number of halogens is 1. The molecule has 1 aromatic rings. The summed E-state index contributed by atoms with van der Waals surface area (Å²) in [5.74, 6) is 0.492. The molecule has 0 radical (unpaired) electrons. The third-order valence-corrected chi connectivity index (χ3v) is 2.91. The van der Waals surface area contributed by atoms with Crippen LogP contribution in [0.2, 0.25) is 0 Å². The van der Waals surface area contributed by atoms with Crippen molar-refractivity contribution in [2.45, 2.75) is 6.04 Å². The van der Waals surface area contributed by atoms with Gasteiger partial charge < -0.3 is 10.1 Å². The second-order valence-corrected chi connectivity index (χ2v) is 4.10. The molecular formula is C12H17FN2O. The summed E-state index contributed by atoms with van der Waals surface area (Å²) in [7, 11) is 2.10. The van der Waals surface area contributed by atoms with Crippen molar-refractivity contribution in [3.8, 4) is 5.75 Å². The molecule has 4 heteroatoms. The zero-order chi connectivity index (χ0) is 11.4. The number of nitrogens with one attached hydrogen (secondary N) is 1. The summed E-state index contributed by atoms with van der Waals surface area (Å²) in [5, 5.41) is 3.23. The van der Waals surface area contributed by atoms with E-state index in [2.05, 4.69) is 17.3 Å². The van der Waals surface area contributed by atoms with Crippen molar-refractivity contribution in [3.63, 3.8) is 0 Å². The van der Waals surface area contributed by atoms with E-state index in [9.17, 15) is 4.39 Å². The Hall–Kier alpha value is -1.13. The lowest BCUT2D eigenvalue weighted by Gasteiger charge is -2.35. The lowest BCUT2D eigenvalue weighted by molar-refractivity contribution is 0.151. The molecule has 1 saturated heterocycles. The molecule has 1 heterocycles. The predicted octanol–water partition coefficient (Wildman–Crippen LogP) is 1.11. The van der Waals surface area contributed by atoms with Crippen molar-refractivity contribution in [1.82, 2.24) is 10.2 Å². The third-order valence-electron chi connectivity index (χ3n) is 2.91. The van der Waals surface area contributed by atoms with Crippen LogP contribution in [0.1, 0.15) is 0 Å². The highest BCUT2D eigenvalue weighted by Crippen LogP contribution is 2.11. The van der Waals surface area contributed by atoms with E-state index in [0.29, 0.717) is 12.6 Å². The molecule has 0 aromatic heterocycles. The number of likely N-dealkylation sites (N-methyl/N-ethyl adjacent to an activating group) is 1. The SMILES string of the molecule is CN(CCOc1ccc(F)cc1)C1CNC1. The Bertz CT molecular complexity index is 324. The first-order chi connectivity index (χ1) is 7.75. The Balaban J connectivity index is 1.69. The van der Waals surface area contributed by atoms with E-state index in [1.54, 1.807) is 12.1 Å². The van der Waals surface area contributed by atoms with Crippen molar-refractivity contribution in [3.05, 3.63) is 30.1 Å². The lowest BCUT2D eigenvalue weighted by atomic mass is 10.1. The van der Waals surface area contributed by atoms with Crippen LogP contribution in [0, 0.1) is 5.82 Å². The zero-order valence-electron chi connectivity index (χ0n) is 9.45. The van der Waals surface area contributed by atoms with Crippen LogP contribution in [-0.4, -0.2) is 44.2 Å². The zero-order valence-corrected chi connectivity index (χ0v) is 9.45. The van der Waals surface area contributed by atoms with Gasteiger partial charge in [0, 0.05) is 25.7 Å². The minimum absolute atomic E-state index is 0.231. The van der Waals surface area contributed by atoms with E-state index in [4.69, 9.17) is 4.74 Å². The number of benzene rings is 1. The second kappa shape index (κ2) is 5.27. The van der Waals surface area contributed by atoms with Crippen LogP contribution in [0.25, 0.3) is 0 Å². The van der Waals surface area contributed by atoms with E-state index >= 15 is 0 Å². The van der Waals surface area contributed by atoms with Gasteiger partial charge in [-0.2, -0.15) is 0 Å². The van der Waals surface area contributed by atoms with Crippen LogP contribution in [0.4, 0.5) is 4.39 Å². The van der Waals surface area contributed by atoms with Gasteiger partial charge in [-0.15, -0.1) is 0 Å². The Morgan fingerprint density at radius 2 is 2.06 bits per heavy atom. The lowest BCUT2D eigenvalue weighted by Crippen LogP contribution is -2.56. The molecule has 1 aliphatic rings. The summed E-state index contributed by atoms with van der Waals surface area (Å²) < 4.78 is 18.1. The standard InChI is InChI=1S/C12H17FN2O/c1-15(11-8-14-9-11)6-7-16-12-4-2-10(13)3-5-12/h2-5,11,14H,6-9H2,1H3. The fourth-order valence-corrected chi connectivity index (χ4v) is 1.61. The number of rotatable bonds is 5. The topological polar surface area (TPSA) is 24.5 Å². The van der Waals surface area contributed by atoms with Crippen molar-refractivity contribution >= 4 is 0 Å². The summed E-state index contributed by atoms with van der Waals surface area (Å²) in [6.45, 7) is 3.66. The van der Waals surface area contributed by atoms with E-state index < -0.39 is 0 Å². The molecule has 3 nitrogen and oxygen atoms in total. The number of ether oxygens (including phenoxy) is 1. The Morgan fingerprint density at radius 1 is 1.38 bits per heavy atom. The fraction of sp³-hybridized carbons (Fsp3) is 0.500. The minimum atomic E-state index is -0.231. The largest absolute Gasteiger partial charge is 0.492 e. The Morgan fingerprint density at radius 3 is 2.62 bits per heavy atom. The van der Waals surface area contributed by atoms with E-state index in [1.165, 1.54) is 12.1 Å². The first-order valence-electron chi connectivity index (χ1n) is 5.55. The summed E-state index contributed by atoms with van der Waals surface area (Å²) in [4.78, 5) is 2.28. The summed E-state index contributed by atoms with van der Waals surface area (Å²) in [6.07, 6.45) is 0. The quantitative estimate of drug-likeness (QED) is 0.811. The van der Waals surface area contributed by atoms with Crippen LogP contribution in [0.3, 0.4) is 0 Å². The molecule has 0 amide bonds. The van der Waals surface area contributed by atoms with Gasteiger partial charge in [0.25, 0.3) is 0 Å².